The lowest BCUT2D eigenvalue weighted by atomic mass is 9.77. The van der Waals surface area contributed by atoms with Crippen LogP contribution >= 0.6 is 0 Å². The van der Waals surface area contributed by atoms with E-state index in [9.17, 15) is 0 Å². The van der Waals surface area contributed by atoms with Gasteiger partial charge in [0.1, 0.15) is 0 Å². The van der Waals surface area contributed by atoms with E-state index >= 15 is 0 Å². The zero-order valence-corrected chi connectivity index (χ0v) is 15.9. The number of rotatable bonds is 2. The van der Waals surface area contributed by atoms with Gasteiger partial charge in [-0.25, -0.2) is 0 Å². The molecule has 0 bridgehead atoms. The first-order valence-electron chi connectivity index (χ1n) is 8.71. The van der Waals surface area contributed by atoms with Gasteiger partial charge in [0.05, 0.1) is 11.2 Å². The highest BCUT2D eigenvalue weighted by molar-refractivity contribution is 6.62. The van der Waals surface area contributed by atoms with Crippen LogP contribution in [0.15, 0.2) is 18.2 Å². The maximum absolute atomic E-state index is 6.22. The summed E-state index contributed by atoms with van der Waals surface area (Å²) in [6.07, 6.45) is 0. The number of benzene rings is 1. The van der Waals surface area contributed by atoms with Crippen molar-refractivity contribution in [3.63, 3.8) is 0 Å². The predicted octanol–water partition coefficient (Wildman–Crippen LogP) is 3.49. The molecule has 23 heavy (non-hydrogen) atoms. The second kappa shape index (κ2) is 5.00. The molecule has 1 fully saturated rings. The van der Waals surface area contributed by atoms with Crippen LogP contribution in [0.3, 0.4) is 0 Å². The van der Waals surface area contributed by atoms with Crippen molar-refractivity contribution in [2.45, 2.75) is 78.0 Å². The van der Waals surface area contributed by atoms with Crippen LogP contribution in [0.1, 0.15) is 61.0 Å². The van der Waals surface area contributed by atoms with Gasteiger partial charge in [0.25, 0.3) is 0 Å². The summed E-state index contributed by atoms with van der Waals surface area (Å²) in [7, 11) is -0.289. The first-order valence-corrected chi connectivity index (χ1v) is 8.71. The van der Waals surface area contributed by atoms with Gasteiger partial charge in [-0.1, -0.05) is 26.0 Å². The van der Waals surface area contributed by atoms with Gasteiger partial charge in [-0.05, 0) is 58.6 Å². The molecular weight excluding hydrogens is 285 g/mol. The minimum absolute atomic E-state index is 0.189. The smallest absolute Gasteiger partial charge is 0.399 e. The number of fused-ring (bicyclic) bond motifs is 1. The van der Waals surface area contributed by atoms with Crippen molar-refractivity contribution >= 4 is 18.3 Å². The molecule has 0 unspecified atom stereocenters. The molecule has 0 amide bonds. The fourth-order valence-corrected chi connectivity index (χ4v) is 3.54. The minimum atomic E-state index is -0.298. The standard InChI is InChI=1S/C19H30BNO2/c1-13(2)21-12-17(3,4)15-10-9-14(11-16(15)21)20-22-18(5,6)19(7,8)23-20/h9-11,13H,12H2,1-8H3. The molecule has 2 heterocycles. The molecule has 0 spiro atoms. The van der Waals surface area contributed by atoms with E-state index in [2.05, 4.69) is 78.5 Å². The monoisotopic (exact) mass is 315 g/mol. The Morgan fingerprint density at radius 3 is 2.09 bits per heavy atom. The van der Waals surface area contributed by atoms with E-state index in [4.69, 9.17) is 9.31 Å². The minimum Gasteiger partial charge on any atom is -0.399 e. The Morgan fingerprint density at radius 2 is 1.57 bits per heavy atom. The van der Waals surface area contributed by atoms with Gasteiger partial charge in [-0.3, -0.25) is 0 Å². The zero-order valence-electron chi connectivity index (χ0n) is 15.9. The molecule has 0 N–H and O–H groups in total. The Morgan fingerprint density at radius 1 is 1.00 bits per heavy atom. The van der Waals surface area contributed by atoms with E-state index < -0.39 is 0 Å². The van der Waals surface area contributed by atoms with Crippen LogP contribution in [0.5, 0.6) is 0 Å². The summed E-state index contributed by atoms with van der Waals surface area (Å²) in [4.78, 5) is 2.49. The third-order valence-corrected chi connectivity index (χ3v) is 5.77. The SMILES string of the molecule is CC(C)N1CC(C)(C)c2ccc(B3OC(C)(C)C(C)(C)O3)cc21. The fourth-order valence-electron chi connectivity index (χ4n) is 3.54. The van der Waals surface area contributed by atoms with E-state index in [1.165, 1.54) is 11.3 Å². The quantitative estimate of drug-likeness (QED) is 0.780. The van der Waals surface area contributed by atoms with E-state index in [0.717, 1.165) is 12.0 Å². The Balaban J connectivity index is 1.98. The molecule has 1 saturated heterocycles. The lowest BCUT2D eigenvalue weighted by Gasteiger charge is -2.32. The van der Waals surface area contributed by atoms with Crippen LogP contribution in [-0.2, 0) is 14.7 Å². The number of nitrogens with zero attached hydrogens (tertiary/aromatic N) is 1. The van der Waals surface area contributed by atoms with Crippen molar-refractivity contribution in [3.8, 4) is 0 Å². The zero-order chi connectivity index (χ0) is 17.2. The number of anilines is 1. The maximum Gasteiger partial charge on any atom is 0.494 e. The molecule has 4 heteroatoms. The van der Waals surface area contributed by atoms with Crippen LogP contribution in [0.2, 0.25) is 0 Å². The molecule has 2 aliphatic heterocycles. The average Bonchev–Trinajstić information content (AvgIpc) is 2.80. The van der Waals surface area contributed by atoms with Gasteiger partial charge in [0, 0.05) is 23.7 Å². The van der Waals surface area contributed by atoms with Crippen molar-refractivity contribution in [3.05, 3.63) is 23.8 Å². The summed E-state index contributed by atoms with van der Waals surface area (Å²) in [5.74, 6) is 0. The molecule has 3 nitrogen and oxygen atoms in total. The second-order valence-electron chi connectivity index (χ2n) is 8.97. The lowest BCUT2D eigenvalue weighted by molar-refractivity contribution is 0.00578. The highest BCUT2D eigenvalue weighted by Gasteiger charge is 2.52. The van der Waals surface area contributed by atoms with Gasteiger partial charge in [-0.2, -0.15) is 0 Å². The molecule has 3 rings (SSSR count). The molecule has 0 atom stereocenters. The van der Waals surface area contributed by atoms with Crippen molar-refractivity contribution < 1.29 is 9.31 Å². The topological polar surface area (TPSA) is 21.7 Å². The Kier molecular flexibility index (Phi) is 3.66. The van der Waals surface area contributed by atoms with E-state index in [1.807, 2.05) is 0 Å². The highest BCUT2D eigenvalue weighted by Crippen LogP contribution is 2.42. The molecule has 2 aliphatic rings. The third kappa shape index (κ3) is 2.60. The molecule has 126 valence electrons. The molecule has 0 aliphatic carbocycles. The average molecular weight is 315 g/mol. The summed E-state index contributed by atoms with van der Waals surface area (Å²) < 4.78 is 12.4. The maximum atomic E-state index is 6.22. The first-order chi connectivity index (χ1) is 10.4. The predicted molar refractivity (Wildman–Crippen MR) is 97.7 cm³/mol. The van der Waals surface area contributed by atoms with E-state index in [1.54, 1.807) is 0 Å². The van der Waals surface area contributed by atoms with Crippen molar-refractivity contribution in [2.75, 3.05) is 11.4 Å². The van der Waals surface area contributed by atoms with Crippen LogP contribution in [0.4, 0.5) is 5.69 Å². The van der Waals surface area contributed by atoms with E-state index in [0.29, 0.717) is 6.04 Å². The fraction of sp³-hybridized carbons (Fsp3) is 0.684. The van der Waals surface area contributed by atoms with E-state index in [-0.39, 0.29) is 23.7 Å². The molecule has 0 saturated carbocycles. The molecule has 1 aromatic rings. The summed E-state index contributed by atoms with van der Waals surface area (Å²) >= 11 is 0. The Labute approximate surface area is 141 Å². The largest absolute Gasteiger partial charge is 0.494 e. The highest BCUT2D eigenvalue weighted by atomic mass is 16.7. The summed E-state index contributed by atoms with van der Waals surface area (Å²) in [5, 5.41) is 0. The Bertz CT molecular complexity index is 606. The van der Waals surface area contributed by atoms with Crippen molar-refractivity contribution in [1.82, 2.24) is 0 Å². The van der Waals surface area contributed by atoms with Gasteiger partial charge in [-0.15, -0.1) is 0 Å². The van der Waals surface area contributed by atoms with Crippen LogP contribution in [0, 0.1) is 0 Å². The number of hydrogen-bond acceptors (Lipinski definition) is 3. The second-order valence-corrected chi connectivity index (χ2v) is 8.97. The summed E-state index contributed by atoms with van der Waals surface area (Å²) in [6.45, 7) is 18.6. The van der Waals surface area contributed by atoms with Crippen molar-refractivity contribution in [2.24, 2.45) is 0 Å². The van der Waals surface area contributed by atoms with Gasteiger partial charge < -0.3 is 14.2 Å². The van der Waals surface area contributed by atoms with Crippen molar-refractivity contribution in [1.29, 1.82) is 0 Å². The van der Waals surface area contributed by atoms with Crippen LogP contribution in [0.25, 0.3) is 0 Å². The number of hydrogen-bond donors (Lipinski definition) is 0. The molecular formula is C19H30BNO2. The van der Waals surface area contributed by atoms with Crippen LogP contribution in [-0.4, -0.2) is 30.9 Å². The van der Waals surface area contributed by atoms with Crippen LogP contribution < -0.4 is 10.4 Å². The van der Waals surface area contributed by atoms with Gasteiger partial charge in [0.2, 0.25) is 0 Å². The Hall–Kier alpha value is -0.995. The van der Waals surface area contributed by atoms with Gasteiger partial charge in [0.15, 0.2) is 0 Å². The first kappa shape index (κ1) is 16.8. The third-order valence-electron chi connectivity index (χ3n) is 5.77. The molecule has 0 radical (unpaired) electrons. The summed E-state index contributed by atoms with van der Waals surface area (Å²) in [6, 6.07) is 7.20. The lowest BCUT2D eigenvalue weighted by Crippen LogP contribution is -2.41. The van der Waals surface area contributed by atoms with Gasteiger partial charge >= 0.3 is 7.12 Å². The molecule has 0 aromatic heterocycles. The normalized spacial score (nSPS) is 24.4. The summed E-state index contributed by atoms with van der Waals surface area (Å²) in [5.41, 5.74) is 3.46. The molecule has 1 aromatic carbocycles.